The first-order valence-corrected chi connectivity index (χ1v) is 39.2. The van der Waals surface area contributed by atoms with E-state index in [-0.39, 0.29) is 18.5 Å². The number of carbonyl (C=O) groups excluding carboxylic acids is 2. The van der Waals surface area contributed by atoms with Crippen LogP contribution in [0.25, 0.3) is 0 Å². The van der Waals surface area contributed by atoms with E-state index in [1.54, 1.807) is 0 Å². The lowest BCUT2D eigenvalue weighted by atomic mass is 10.0. The lowest BCUT2D eigenvalue weighted by molar-refractivity contribution is -0.143. The number of ether oxygens (including phenoxy) is 1. The summed E-state index contributed by atoms with van der Waals surface area (Å²) in [5.41, 5.74) is 0. The van der Waals surface area contributed by atoms with Crippen LogP contribution in [0.2, 0.25) is 0 Å². The second-order valence-electron chi connectivity index (χ2n) is 27.0. The maximum Gasteiger partial charge on any atom is 0.305 e. The molecule has 0 aromatic heterocycles. The summed E-state index contributed by atoms with van der Waals surface area (Å²) in [6.07, 6.45) is 98.1. The first-order valence-electron chi connectivity index (χ1n) is 39.2. The van der Waals surface area contributed by atoms with Crippen LogP contribution in [0.3, 0.4) is 0 Å². The Morgan fingerprint density at radius 1 is 0.326 bits per heavy atom. The minimum absolute atomic E-state index is 0.00961. The SMILES string of the molecule is CCCC/C=C\CCCCCCCC(=O)OCCCCCCCCCCCCCCCCC/C=C\C/C=C\CCCCCCCCCCCCCCCCCCCC(=O)NC(CO)C(O)CCCCCCCCCCCCCCCCCCCCC. The smallest absolute Gasteiger partial charge is 0.305 e. The second-order valence-corrected chi connectivity index (χ2v) is 27.0. The quantitative estimate of drug-likeness (QED) is 0.0320. The van der Waals surface area contributed by atoms with Crippen molar-refractivity contribution < 1.29 is 24.5 Å². The molecule has 0 aliphatic heterocycles. The van der Waals surface area contributed by atoms with Crippen LogP contribution in [-0.4, -0.2) is 47.4 Å². The lowest BCUT2D eigenvalue weighted by Crippen LogP contribution is -2.45. The minimum Gasteiger partial charge on any atom is -0.466 e. The van der Waals surface area contributed by atoms with E-state index in [1.807, 2.05) is 0 Å². The third-order valence-electron chi connectivity index (χ3n) is 18.4. The van der Waals surface area contributed by atoms with Gasteiger partial charge in [0.15, 0.2) is 0 Å². The molecule has 0 radical (unpaired) electrons. The summed E-state index contributed by atoms with van der Waals surface area (Å²) in [5.74, 6) is -0.0178. The van der Waals surface area contributed by atoms with Crippen LogP contribution in [0.15, 0.2) is 36.5 Å². The average Bonchev–Trinajstić information content (AvgIpc) is 3.59. The fourth-order valence-corrected chi connectivity index (χ4v) is 12.4. The Morgan fingerprint density at radius 2 is 0.593 bits per heavy atom. The first kappa shape index (κ1) is 84.1. The molecule has 0 saturated heterocycles. The Bertz CT molecular complexity index is 1390. The van der Waals surface area contributed by atoms with Crippen molar-refractivity contribution in [3.05, 3.63) is 36.5 Å². The molecule has 1 amide bonds. The van der Waals surface area contributed by atoms with E-state index in [9.17, 15) is 19.8 Å². The Kier molecular flexibility index (Phi) is 73.9. The number of nitrogens with one attached hydrogen (secondary N) is 1. The third kappa shape index (κ3) is 71.2. The number of rotatable bonds is 74. The Morgan fingerprint density at radius 3 is 0.930 bits per heavy atom. The summed E-state index contributed by atoms with van der Waals surface area (Å²) in [6, 6.07) is -0.540. The van der Waals surface area contributed by atoms with Gasteiger partial charge in [-0.25, -0.2) is 0 Å². The van der Waals surface area contributed by atoms with Crippen molar-refractivity contribution in [1.82, 2.24) is 5.32 Å². The number of amides is 1. The number of hydrogen-bond donors (Lipinski definition) is 3. The second kappa shape index (κ2) is 75.5. The largest absolute Gasteiger partial charge is 0.466 e. The van der Waals surface area contributed by atoms with Crippen molar-refractivity contribution in [2.75, 3.05) is 13.2 Å². The van der Waals surface area contributed by atoms with E-state index >= 15 is 0 Å². The maximum atomic E-state index is 12.6. The Labute approximate surface area is 538 Å². The molecular formula is C80H153NO5. The van der Waals surface area contributed by atoms with Gasteiger partial charge in [-0.15, -0.1) is 0 Å². The van der Waals surface area contributed by atoms with E-state index in [0.29, 0.717) is 25.9 Å². The van der Waals surface area contributed by atoms with Gasteiger partial charge >= 0.3 is 5.97 Å². The summed E-state index contributed by atoms with van der Waals surface area (Å²) in [5, 5.41) is 23.4. The maximum absolute atomic E-state index is 12.6. The molecule has 2 atom stereocenters. The molecule has 0 heterocycles. The number of carbonyl (C=O) groups is 2. The van der Waals surface area contributed by atoms with Crippen LogP contribution in [0.1, 0.15) is 438 Å². The molecule has 3 N–H and O–H groups in total. The lowest BCUT2D eigenvalue weighted by Gasteiger charge is -2.22. The highest BCUT2D eigenvalue weighted by atomic mass is 16.5. The first-order chi connectivity index (χ1) is 42.5. The Balaban J connectivity index is 3.36. The highest BCUT2D eigenvalue weighted by Gasteiger charge is 2.20. The third-order valence-corrected chi connectivity index (χ3v) is 18.4. The normalized spacial score (nSPS) is 12.7. The number of esters is 1. The standard InChI is InChI=1S/C80H153NO5/c1-3-5-7-9-11-13-15-16-17-18-40-43-46-49-53-56-60-64-68-72-78(83)77(76-82)81-79(84)73-69-65-61-57-54-50-47-44-41-38-36-34-32-30-28-26-24-22-20-19-21-23-25-27-29-31-33-35-37-39-42-45-48-51-55-59-63-67-71-75-86-80(85)74-70-66-62-58-52-14-12-10-8-6-4-2/h10,12,19-20,23,25,77-78,82-83H,3-9,11,13-18,21-22,24,26-76H2,1-2H3,(H,81,84)/b12-10-,20-19-,25-23-. The van der Waals surface area contributed by atoms with Gasteiger partial charge in [0.05, 0.1) is 25.4 Å². The van der Waals surface area contributed by atoms with E-state index in [1.165, 1.54) is 353 Å². The molecule has 0 aromatic carbocycles. The molecular weight excluding hydrogens is 1050 g/mol. The average molecular weight is 1210 g/mol. The van der Waals surface area contributed by atoms with Gasteiger partial charge in [0.1, 0.15) is 0 Å². The van der Waals surface area contributed by atoms with Crippen LogP contribution >= 0.6 is 0 Å². The molecule has 0 aliphatic rings. The molecule has 0 bridgehead atoms. The summed E-state index contributed by atoms with van der Waals surface area (Å²) in [4.78, 5) is 24.6. The van der Waals surface area contributed by atoms with Crippen LogP contribution in [0.4, 0.5) is 0 Å². The highest BCUT2D eigenvalue weighted by Crippen LogP contribution is 2.20. The molecule has 0 fully saturated rings. The van der Waals surface area contributed by atoms with Gasteiger partial charge in [-0.3, -0.25) is 9.59 Å². The number of hydrogen-bond acceptors (Lipinski definition) is 5. The van der Waals surface area contributed by atoms with Gasteiger partial charge < -0.3 is 20.3 Å². The molecule has 0 aliphatic carbocycles. The van der Waals surface area contributed by atoms with Gasteiger partial charge in [-0.05, 0) is 77.0 Å². The van der Waals surface area contributed by atoms with Crippen molar-refractivity contribution in [3.8, 4) is 0 Å². The zero-order chi connectivity index (χ0) is 62.0. The molecule has 6 nitrogen and oxygen atoms in total. The number of unbranched alkanes of at least 4 members (excludes halogenated alkanes) is 57. The predicted octanol–water partition coefficient (Wildman–Crippen LogP) is 25.8. The number of aliphatic hydroxyl groups is 2. The number of allylic oxidation sites excluding steroid dienone is 6. The molecule has 0 spiro atoms. The van der Waals surface area contributed by atoms with Crippen LogP contribution in [0, 0.1) is 0 Å². The fourth-order valence-electron chi connectivity index (χ4n) is 12.4. The van der Waals surface area contributed by atoms with Crippen molar-refractivity contribution in [3.63, 3.8) is 0 Å². The summed E-state index contributed by atoms with van der Waals surface area (Å²) >= 11 is 0. The van der Waals surface area contributed by atoms with Gasteiger partial charge in [0.25, 0.3) is 0 Å². The van der Waals surface area contributed by atoms with Crippen LogP contribution in [0.5, 0.6) is 0 Å². The monoisotopic (exact) mass is 1210 g/mol. The number of aliphatic hydroxyl groups excluding tert-OH is 2. The summed E-state index contributed by atoms with van der Waals surface area (Å²) < 4.78 is 5.47. The zero-order valence-electron chi connectivity index (χ0n) is 58.3. The zero-order valence-corrected chi connectivity index (χ0v) is 58.3. The van der Waals surface area contributed by atoms with Gasteiger partial charge in [-0.1, -0.05) is 384 Å². The fraction of sp³-hybridized carbons (Fsp3) is 0.900. The molecule has 0 saturated carbocycles. The summed E-state index contributed by atoms with van der Waals surface area (Å²) in [6.45, 7) is 4.96. The van der Waals surface area contributed by atoms with E-state index in [0.717, 1.165) is 51.4 Å². The summed E-state index contributed by atoms with van der Waals surface area (Å²) in [7, 11) is 0. The molecule has 86 heavy (non-hydrogen) atoms. The van der Waals surface area contributed by atoms with Gasteiger partial charge in [0, 0.05) is 12.8 Å². The highest BCUT2D eigenvalue weighted by molar-refractivity contribution is 5.76. The van der Waals surface area contributed by atoms with Crippen molar-refractivity contribution in [2.24, 2.45) is 0 Å². The van der Waals surface area contributed by atoms with E-state index < -0.39 is 12.1 Å². The van der Waals surface area contributed by atoms with E-state index in [4.69, 9.17) is 4.74 Å². The minimum atomic E-state index is -0.663. The van der Waals surface area contributed by atoms with Gasteiger partial charge in [0.2, 0.25) is 5.91 Å². The van der Waals surface area contributed by atoms with Crippen molar-refractivity contribution in [1.29, 1.82) is 0 Å². The van der Waals surface area contributed by atoms with E-state index in [2.05, 4.69) is 55.6 Å². The van der Waals surface area contributed by atoms with Crippen molar-refractivity contribution in [2.45, 2.75) is 450 Å². The molecule has 2 unspecified atom stereocenters. The van der Waals surface area contributed by atoms with Crippen molar-refractivity contribution >= 4 is 11.9 Å². The molecule has 0 rings (SSSR count). The van der Waals surface area contributed by atoms with Crippen LogP contribution in [-0.2, 0) is 14.3 Å². The molecule has 508 valence electrons. The predicted molar refractivity (Wildman–Crippen MR) is 379 cm³/mol. The topological polar surface area (TPSA) is 95.9 Å². The molecule has 6 heteroatoms. The van der Waals surface area contributed by atoms with Gasteiger partial charge in [-0.2, -0.15) is 0 Å². The Hall–Kier alpha value is -1.92. The van der Waals surface area contributed by atoms with Crippen LogP contribution < -0.4 is 5.32 Å². The molecule has 0 aromatic rings.